The van der Waals surface area contributed by atoms with E-state index in [1.807, 2.05) is 25.1 Å². The molecule has 0 bridgehead atoms. The lowest BCUT2D eigenvalue weighted by atomic mass is 9.92. The molecule has 0 aliphatic rings. The van der Waals surface area contributed by atoms with E-state index in [2.05, 4.69) is 41.8 Å². The number of carbonyl (C=O) groups is 1. The third-order valence-corrected chi connectivity index (χ3v) is 4.99. The topological polar surface area (TPSA) is 55.1 Å². The molecule has 0 aliphatic heterocycles. The van der Waals surface area contributed by atoms with Gasteiger partial charge in [0, 0.05) is 10.1 Å². The van der Waals surface area contributed by atoms with Crippen LogP contribution in [0.4, 0.5) is 0 Å². The van der Waals surface area contributed by atoms with E-state index in [0.29, 0.717) is 6.54 Å². The fraction of sp³-hybridized carbons (Fsp3) is 0.500. The summed E-state index contributed by atoms with van der Waals surface area (Å²) < 4.78 is 1.01. The molecule has 0 saturated carbocycles. The van der Waals surface area contributed by atoms with Crippen LogP contribution in [0.15, 0.2) is 18.2 Å². The van der Waals surface area contributed by atoms with E-state index < -0.39 is 0 Å². The Morgan fingerprint density at radius 1 is 1.37 bits per heavy atom. The molecule has 1 aromatic carbocycles. The van der Waals surface area contributed by atoms with E-state index in [-0.39, 0.29) is 23.9 Å². The lowest BCUT2D eigenvalue weighted by Gasteiger charge is -2.31. The summed E-state index contributed by atoms with van der Waals surface area (Å²) in [7, 11) is 0. The molecule has 5 heteroatoms. The van der Waals surface area contributed by atoms with Crippen LogP contribution in [0.3, 0.4) is 0 Å². The Balaban J connectivity index is 0.00000324. The molecule has 19 heavy (non-hydrogen) atoms. The zero-order valence-corrected chi connectivity index (χ0v) is 14.6. The normalized spacial score (nSPS) is 10.8. The average molecular weight is 397 g/mol. The fourth-order valence-electron chi connectivity index (χ4n) is 1.90. The van der Waals surface area contributed by atoms with Crippen LogP contribution in [-0.2, 0) is 0 Å². The van der Waals surface area contributed by atoms with E-state index >= 15 is 0 Å². The predicted molar refractivity (Wildman–Crippen MR) is 91.0 cm³/mol. The highest BCUT2D eigenvalue weighted by molar-refractivity contribution is 14.1. The predicted octanol–water partition coefficient (Wildman–Crippen LogP) is 3.27. The van der Waals surface area contributed by atoms with Crippen LogP contribution >= 0.6 is 35.0 Å². The molecule has 0 unspecified atom stereocenters. The first-order valence-electron chi connectivity index (χ1n) is 6.27. The molecule has 0 atom stereocenters. The second-order valence-electron chi connectivity index (χ2n) is 4.58. The standard InChI is InChI=1S/C14H21IN2O.ClH/c1-4-14(5-2,9-16)17-13(18)11-8-6-7-10(3)12(11)15;/h6-8H,4-5,9,16H2,1-3H3,(H,17,18);1H. The van der Waals surface area contributed by atoms with Gasteiger partial charge >= 0.3 is 0 Å². The highest BCUT2D eigenvalue weighted by Crippen LogP contribution is 2.19. The zero-order valence-electron chi connectivity index (χ0n) is 11.6. The largest absolute Gasteiger partial charge is 0.345 e. The van der Waals surface area contributed by atoms with Gasteiger partial charge in [0.1, 0.15) is 0 Å². The van der Waals surface area contributed by atoms with E-state index in [1.165, 1.54) is 0 Å². The van der Waals surface area contributed by atoms with Crippen LogP contribution in [0, 0.1) is 10.5 Å². The Kier molecular flexibility index (Phi) is 7.93. The van der Waals surface area contributed by atoms with Crippen molar-refractivity contribution < 1.29 is 4.79 Å². The average Bonchev–Trinajstić information content (AvgIpc) is 2.39. The van der Waals surface area contributed by atoms with Crippen molar-refractivity contribution in [2.24, 2.45) is 5.73 Å². The quantitative estimate of drug-likeness (QED) is 0.751. The van der Waals surface area contributed by atoms with E-state index in [0.717, 1.165) is 27.5 Å². The van der Waals surface area contributed by atoms with E-state index in [9.17, 15) is 4.79 Å². The Morgan fingerprint density at radius 2 is 1.95 bits per heavy atom. The summed E-state index contributed by atoms with van der Waals surface area (Å²) >= 11 is 2.22. The summed E-state index contributed by atoms with van der Waals surface area (Å²) in [5, 5.41) is 3.10. The number of benzene rings is 1. The summed E-state index contributed by atoms with van der Waals surface area (Å²) in [6.07, 6.45) is 1.68. The van der Waals surface area contributed by atoms with Gasteiger partial charge in [-0.1, -0.05) is 26.0 Å². The molecular formula is C14H22ClIN2O. The summed E-state index contributed by atoms with van der Waals surface area (Å²) in [6.45, 7) is 6.58. The molecule has 1 rings (SSSR count). The summed E-state index contributed by atoms with van der Waals surface area (Å²) in [5.74, 6) is -0.0303. The van der Waals surface area contributed by atoms with Gasteiger partial charge in [0.15, 0.2) is 0 Å². The SMILES string of the molecule is CCC(CC)(CN)NC(=O)c1cccc(C)c1I.Cl. The Bertz CT molecular complexity index is 425. The monoisotopic (exact) mass is 396 g/mol. The first-order chi connectivity index (χ1) is 8.49. The maximum atomic E-state index is 12.3. The van der Waals surface area contributed by atoms with Crippen LogP contribution in [-0.4, -0.2) is 18.0 Å². The van der Waals surface area contributed by atoms with Crippen LogP contribution in [0.1, 0.15) is 42.6 Å². The number of nitrogens with two attached hydrogens (primary N) is 1. The number of carbonyl (C=O) groups excluding carboxylic acids is 1. The van der Waals surface area contributed by atoms with Crippen LogP contribution in [0.5, 0.6) is 0 Å². The molecule has 3 N–H and O–H groups in total. The van der Waals surface area contributed by atoms with Gasteiger partial charge in [-0.2, -0.15) is 0 Å². The number of halogens is 2. The first kappa shape index (κ1) is 18.7. The summed E-state index contributed by atoms with van der Waals surface area (Å²) in [4.78, 5) is 12.3. The van der Waals surface area contributed by atoms with Crippen molar-refractivity contribution in [3.63, 3.8) is 0 Å². The van der Waals surface area contributed by atoms with E-state index in [1.54, 1.807) is 0 Å². The molecule has 0 spiro atoms. The van der Waals surface area contributed by atoms with Crippen molar-refractivity contribution in [3.05, 3.63) is 32.9 Å². The van der Waals surface area contributed by atoms with Gasteiger partial charge in [0.05, 0.1) is 11.1 Å². The van der Waals surface area contributed by atoms with Gasteiger partial charge in [-0.15, -0.1) is 12.4 Å². The fourth-order valence-corrected chi connectivity index (χ4v) is 2.50. The smallest absolute Gasteiger partial charge is 0.252 e. The van der Waals surface area contributed by atoms with Gasteiger partial charge in [-0.25, -0.2) is 0 Å². The van der Waals surface area contributed by atoms with Crippen LogP contribution in [0.2, 0.25) is 0 Å². The Labute approximate surface area is 135 Å². The third-order valence-electron chi connectivity index (χ3n) is 3.56. The molecule has 0 saturated heterocycles. The Morgan fingerprint density at radius 3 is 2.42 bits per heavy atom. The molecule has 0 heterocycles. The maximum Gasteiger partial charge on any atom is 0.252 e. The van der Waals surface area contributed by atoms with Crippen molar-refractivity contribution in [1.29, 1.82) is 0 Å². The third kappa shape index (κ3) is 4.33. The van der Waals surface area contributed by atoms with Crippen molar-refractivity contribution in [1.82, 2.24) is 5.32 Å². The molecule has 108 valence electrons. The second-order valence-corrected chi connectivity index (χ2v) is 5.66. The zero-order chi connectivity index (χ0) is 13.8. The van der Waals surface area contributed by atoms with Gasteiger partial charge in [-0.05, 0) is 54.0 Å². The molecule has 3 nitrogen and oxygen atoms in total. The minimum absolute atomic E-state index is 0. The highest BCUT2D eigenvalue weighted by Gasteiger charge is 2.27. The Hall–Kier alpha value is -0.330. The van der Waals surface area contributed by atoms with Gasteiger partial charge in [0.25, 0.3) is 5.91 Å². The summed E-state index contributed by atoms with van der Waals surface area (Å²) in [5.41, 5.74) is 7.37. The minimum Gasteiger partial charge on any atom is -0.345 e. The number of hydrogen-bond donors (Lipinski definition) is 2. The molecule has 0 aliphatic carbocycles. The van der Waals surface area contributed by atoms with Crippen molar-refractivity contribution in [2.75, 3.05) is 6.54 Å². The number of rotatable bonds is 5. The van der Waals surface area contributed by atoms with Crippen LogP contribution < -0.4 is 11.1 Å². The van der Waals surface area contributed by atoms with Crippen LogP contribution in [0.25, 0.3) is 0 Å². The molecule has 0 fully saturated rings. The van der Waals surface area contributed by atoms with Crippen molar-refractivity contribution >= 4 is 40.9 Å². The van der Waals surface area contributed by atoms with Crippen molar-refractivity contribution in [2.45, 2.75) is 39.2 Å². The number of amides is 1. The lowest BCUT2D eigenvalue weighted by Crippen LogP contribution is -2.53. The molecular weight excluding hydrogens is 375 g/mol. The second kappa shape index (κ2) is 8.07. The highest BCUT2D eigenvalue weighted by atomic mass is 127. The molecule has 1 amide bonds. The van der Waals surface area contributed by atoms with Gasteiger partial charge in [-0.3, -0.25) is 4.79 Å². The first-order valence-corrected chi connectivity index (χ1v) is 7.35. The number of hydrogen-bond acceptors (Lipinski definition) is 2. The van der Waals surface area contributed by atoms with Gasteiger partial charge in [0.2, 0.25) is 0 Å². The number of aryl methyl sites for hydroxylation is 1. The lowest BCUT2D eigenvalue weighted by molar-refractivity contribution is 0.0894. The van der Waals surface area contributed by atoms with Crippen molar-refractivity contribution in [3.8, 4) is 0 Å². The number of nitrogens with one attached hydrogen (secondary N) is 1. The minimum atomic E-state index is -0.288. The van der Waals surface area contributed by atoms with Gasteiger partial charge < -0.3 is 11.1 Å². The molecule has 0 radical (unpaired) electrons. The molecule has 0 aromatic heterocycles. The molecule has 1 aromatic rings. The maximum absolute atomic E-state index is 12.3. The van der Waals surface area contributed by atoms with E-state index in [4.69, 9.17) is 5.73 Å². The summed E-state index contributed by atoms with van der Waals surface area (Å²) in [6, 6.07) is 5.78.